The molecule has 0 radical (unpaired) electrons. The molecule has 0 amide bonds. The van der Waals surface area contributed by atoms with Crippen molar-refractivity contribution < 1.29 is 4.74 Å². The molecule has 0 spiro atoms. The van der Waals surface area contributed by atoms with Gasteiger partial charge in [-0.05, 0) is 49.6 Å². The molecule has 1 aromatic rings. The molecule has 0 saturated heterocycles. The van der Waals surface area contributed by atoms with Crippen molar-refractivity contribution in [2.45, 2.75) is 27.2 Å². The maximum absolute atomic E-state index is 5.88. The molecular weight excluding hydrogens is 234 g/mol. The first-order valence-corrected chi connectivity index (χ1v) is 6.57. The van der Waals surface area contributed by atoms with Crippen molar-refractivity contribution in [2.75, 3.05) is 19.7 Å². The summed E-state index contributed by atoms with van der Waals surface area (Å²) in [6.45, 7) is 9.11. The Morgan fingerprint density at radius 3 is 2.71 bits per heavy atom. The lowest BCUT2D eigenvalue weighted by Crippen LogP contribution is -2.23. The second kappa shape index (κ2) is 7.57. The van der Waals surface area contributed by atoms with Crippen LogP contribution in [-0.2, 0) is 0 Å². The van der Waals surface area contributed by atoms with E-state index in [-0.39, 0.29) is 0 Å². The minimum atomic E-state index is 0.695. The molecular formula is C14H22ClNO. The molecule has 0 aliphatic rings. The second-order valence-electron chi connectivity index (χ2n) is 4.69. The van der Waals surface area contributed by atoms with Gasteiger partial charge in [0.2, 0.25) is 0 Å². The zero-order valence-corrected chi connectivity index (χ0v) is 11.7. The van der Waals surface area contributed by atoms with Crippen molar-refractivity contribution in [1.82, 2.24) is 5.32 Å². The normalized spacial score (nSPS) is 10.9. The van der Waals surface area contributed by atoms with Gasteiger partial charge in [-0.25, -0.2) is 0 Å². The van der Waals surface area contributed by atoms with Crippen LogP contribution in [0.1, 0.15) is 25.8 Å². The van der Waals surface area contributed by atoms with E-state index in [1.54, 1.807) is 0 Å². The Labute approximate surface area is 109 Å². The molecule has 1 aromatic carbocycles. The third-order valence-electron chi connectivity index (χ3n) is 2.57. The van der Waals surface area contributed by atoms with Crippen LogP contribution in [0.4, 0.5) is 0 Å². The van der Waals surface area contributed by atoms with E-state index in [4.69, 9.17) is 16.3 Å². The fourth-order valence-electron chi connectivity index (χ4n) is 1.52. The summed E-state index contributed by atoms with van der Waals surface area (Å²) in [5.74, 6) is 1.67. The molecule has 3 heteroatoms. The Hall–Kier alpha value is -0.730. The zero-order valence-electron chi connectivity index (χ0n) is 10.9. The fourth-order valence-corrected chi connectivity index (χ4v) is 1.75. The average Bonchev–Trinajstić information content (AvgIpc) is 2.25. The summed E-state index contributed by atoms with van der Waals surface area (Å²) >= 11 is 5.88. The molecule has 0 aromatic heterocycles. The summed E-state index contributed by atoms with van der Waals surface area (Å²) in [4.78, 5) is 0. The molecule has 1 rings (SSSR count). The van der Waals surface area contributed by atoms with E-state index < -0.39 is 0 Å². The maximum Gasteiger partial charge on any atom is 0.122 e. The van der Waals surface area contributed by atoms with Crippen LogP contribution < -0.4 is 10.1 Å². The van der Waals surface area contributed by atoms with Crippen molar-refractivity contribution in [3.8, 4) is 5.75 Å². The SMILES string of the molecule is Cc1cc(Cl)ccc1OCCNCCC(C)C. The van der Waals surface area contributed by atoms with Crippen LogP contribution in [0, 0.1) is 12.8 Å². The van der Waals surface area contributed by atoms with Crippen LogP contribution in [0.3, 0.4) is 0 Å². The quantitative estimate of drug-likeness (QED) is 0.751. The standard InChI is InChI=1S/C14H22ClNO/c1-11(2)6-7-16-8-9-17-14-5-4-13(15)10-12(14)3/h4-5,10-11,16H,6-9H2,1-3H3. The van der Waals surface area contributed by atoms with Crippen LogP contribution >= 0.6 is 11.6 Å². The van der Waals surface area contributed by atoms with Gasteiger partial charge in [-0.1, -0.05) is 25.4 Å². The van der Waals surface area contributed by atoms with Crippen LogP contribution in [-0.4, -0.2) is 19.7 Å². The number of hydrogen-bond acceptors (Lipinski definition) is 2. The summed E-state index contributed by atoms with van der Waals surface area (Å²) in [6.07, 6.45) is 1.21. The third kappa shape index (κ3) is 5.94. The van der Waals surface area contributed by atoms with E-state index in [2.05, 4.69) is 19.2 Å². The minimum absolute atomic E-state index is 0.695. The number of halogens is 1. The van der Waals surface area contributed by atoms with Gasteiger partial charge in [-0.3, -0.25) is 0 Å². The molecule has 2 nitrogen and oxygen atoms in total. The van der Waals surface area contributed by atoms with Crippen molar-refractivity contribution in [3.05, 3.63) is 28.8 Å². The first-order valence-electron chi connectivity index (χ1n) is 6.19. The van der Waals surface area contributed by atoms with E-state index in [9.17, 15) is 0 Å². The van der Waals surface area contributed by atoms with Gasteiger partial charge < -0.3 is 10.1 Å². The highest BCUT2D eigenvalue weighted by Gasteiger charge is 1.99. The summed E-state index contributed by atoms with van der Waals surface area (Å²) in [5.41, 5.74) is 1.08. The first-order chi connectivity index (χ1) is 8.09. The van der Waals surface area contributed by atoms with Gasteiger partial charge in [0.05, 0.1) is 0 Å². The Bertz CT molecular complexity index is 339. The van der Waals surface area contributed by atoms with Gasteiger partial charge in [0.1, 0.15) is 12.4 Å². The van der Waals surface area contributed by atoms with Gasteiger partial charge in [0.15, 0.2) is 0 Å². The molecule has 1 N–H and O–H groups in total. The molecule has 0 atom stereocenters. The van der Waals surface area contributed by atoms with Crippen molar-refractivity contribution in [1.29, 1.82) is 0 Å². The summed E-state index contributed by atoms with van der Waals surface area (Å²) in [6, 6.07) is 5.70. The lowest BCUT2D eigenvalue weighted by molar-refractivity contribution is 0.310. The predicted molar refractivity (Wildman–Crippen MR) is 74.0 cm³/mol. The highest BCUT2D eigenvalue weighted by molar-refractivity contribution is 6.30. The van der Waals surface area contributed by atoms with Gasteiger partial charge >= 0.3 is 0 Å². The Morgan fingerprint density at radius 2 is 2.06 bits per heavy atom. The Kier molecular flexibility index (Phi) is 6.38. The van der Waals surface area contributed by atoms with Crippen molar-refractivity contribution in [2.24, 2.45) is 5.92 Å². The number of nitrogens with one attached hydrogen (secondary N) is 1. The smallest absolute Gasteiger partial charge is 0.122 e. The lowest BCUT2D eigenvalue weighted by atomic mass is 10.1. The molecule has 17 heavy (non-hydrogen) atoms. The highest BCUT2D eigenvalue weighted by Crippen LogP contribution is 2.21. The van der Waals surface area contributed by atoms with Crippen molar-refractivity contribution >= 4 is 11.6 Å². The Balaban J connectivity index is 2.18. The van der Waals surface area contributed by atoms with Crippen LogP contribution in [0.25, 0.3) is 0 Å². The number of ether oxygens (including phenoxy) is 1. The lowest BCUT2D eigenvalue weighted by Gasteiger charge is -2.10. The van der Waals surface area contributed by atoms with Crippen LogP contribution in [0.5, 0.6) is 5.75 Å². The van der Waals surface area contributed by atoms with E-state index >= 15 is 0 Å². The number of benzene rings is 1. The monoisotopic (exact) mass is 255 g/mol. The maximum atomic E-state index is 5.88. The molecule has 0 saturated carbocycles. The molecule has 0 aliphatic heterocycles. The van der Waals surface area contributed by atoms with Crippen molar-refractivity contribution in [3.63, 3.8) is 0 Å². The van der Waals surface area contributed by atoms with Gasteiger partial charge in [0.25, 0.3) is 0 Å². The number of aryl methyl sites for hydroxylation is 1. The van der Waals surface area contributed by atoms with E-state index in [0.29, 0.717) is 6.61 Å². The zero-order chi connectivity index (χ0) is 12.7. The first kappa shape index (κ1) is 14.3. The molecule has 0 bridgehead atoms. The average molecular weight is 256 g/mol. The third-order valence-corrected chi connectivity index (χ3v) is 2.81. The number of hydrogen-bond donors (Lipinski definition) is 1. The molecule has 96 valence electrons. The molecule has 0 fully saturated rings. The minimum Gasteiger partial charge on any atom is -0.492 e. The fraction of sp³-hybridized carbons (Fsp3) is 0.571. The molecule has 0 unspecified atom stereocenters. The topological polar surface area (TPSA) is 21.3 Å². The van der Waals surface area contributed by atoms with E-state index in [1.165, 1.54) is 6.42 Å². The van der Waals surface area contributed by atoms with Crippen LogP contribution in [0.15, 0.2) is 18.2 Å². The van der Waals surface area contributed by atoms with E-state index in [1.807, 2.05) is 25.1 Å². The van der Waals surface area contributed by atoms with Gasteiger partial charge in [-0.15, -0.1) is 0 Å². The largest absolute Gasteiger partial charge is 0.492 e. The molecule has 0 aliphatic carbocycles. The van der Waals surface area contributed by atoms with E-state index in [0.717, 1.165) is 35.3 Å². The van der Waals surface area contributed by atoms with Crippen LogP contribution in [0.2, 0.25) is 5.02 Å². The summed E-state index contributed by atoms with van der Waals surface area (Å²) in [5, 5.41) is 4.12. The second-order valence-corrected chi connectivity index (χ2v) is 5.13. The number of rotatable bonds is 7. The highest BCUT2D eigenvalue weighted by atomic mass is 35.5. The summed E-state index contributed by atoms with van der Waals surface area (Å²) in [7, 11) is 0. The predicted octanol–water partition coefficient (Wildman–Crippen LogP) is 3.66. The Morgan fingerprint density at radius 1 is 1.29 bits per heavy atom. The summed E-state index contributed by atoms with van der Waals surface area (Å²) < 4.78 is 5.68. The van der Waals surface area contributed by atoms with Gasteiger partial charge in [0, 0.05) is 11.6 Å². The van der Waals surface area contributed by atoms with Gasteiger partial charge in [-0.2, -0.15) is 0 Å². The molecule has 0 heterocycles.